The number of pyridine rings is 1. The maximum Gasteiger partial charge on any atom is 0.410 e. The van der Waals surface area contributed by atoms with Gasteiger partial charge in [0.15, 0.2) is 0 Å². The number of hydrogen-bond acceptors (Lipinski definition) is 6. The number of carbonyl (C=O) groups excluding carboxylic acids is 1. The van der Waals surface area contributed by atoms with E-state index in [9.17, 15) is 18.9 Å². The molecule has 10 nitrogen and oxygen atoms in total. The highest BCUT2D eigenvalue weighted by Gasteiger charge is 2.59. The van der Waals surface area contributed by atoms with E-state index < -0.39 is 43.5 Å². The highest BCUT2D eigenvalue weighted by Crippen LogP contribution is 2.48. The van der Waals surface area contributed by atoms with E-state index in [4.69, 9.17) is 5.26 Å². The average molecular weight is 501 g/mol. The lowest BCUT2D eigenvalue weighted by molar-refractivity contribution is 0.102. The molecule has 3 heterocycles. The van der Waals surface area contributed by atoms with E-state index in [1.165, 1.54) is 30.3 Å². The van der Waals surface area contributed by atoms with Crippen LogP contribution in [0, 0.1) is 17.1 Å². The van der Waals surface area contributed by atoms with Crippen molar-refractivity contribution < 1.29 is 23.3 Å². The molecule has 2 aromatic rings. The number of aromatic nitrogens is 1. The van der Waals surface area contributed by atoms with E-state index in [0.29, 0.717) is 18.5 Å². The van der Waals surface area contributed by atoms with Crippen molar-refractivity contribution in [2.75, 3.05) is 11.9 Å². The van der Waals surface area contributed by atoms with E-state index in [1.807, 2.05) is 6.07 Å². The molecule has 0 radical (unpaired) electrons. The fourth-order valence-electron chi connectivity index (χ4n) is 4.73. The van der Waals surface area contributed by atoms with Crippen LogP contribution in [0.4, 0.5) is 15.0 Å². The molecule has 0 aliphatic carbocycles. The smallest absolute Gasteiger partial charge is 0.410 e. The monoisotopic (exact) mass is 500 g/mol. The van der Waals surface area contributed by atoms with Crippen LogP contribution in [0.2, 0.25) is 0 Å². The number of carbonyl (C=O) groups is 2. The number of rotatable bonds is 3. The lowest BCUT2D eigenvalue weighted by Gasteiger charge is -2.50. The van der Waals surface area contributed by atoms with Crippen molar-refractivity contribution in [1.29, 1.82) is 5.26 Å². The van der Waals surface area contributed by atoms with Gasteiger partial charge in [0.2, 0.25) is 0 Å². The van der Waals surface area contributed by atoms with Crippen LogP contribution in [0.25, 0.3) is 0 Å². The van der Waals surface area contributed by atoms with Crippen molar-refractivity contribution in [2.24, 2.45) is 4.99 Å². The number of nitrogens with one attached hydrogen (secondary N) is 3. The summed E-state index contributed by atoms with van der Waals surface area (Å²) in [6.45, 7) is 5.26. The SMILES string of the molecule is CC1(C)C(NC(=O)O)=N[C@](C)(c2nc(NC(=O)c3ccc(C#N)cc3)ccc2F)[C@@H]2CCN[SH]21=O. The molecular weight excluding hydrogens is 475 g/mol. The van der Waals surface area contributed by atoms with Gasteiger partial charge in [0.05, 0.1) is 21.6 Å². The van der Waals surface area contributed by atoms with Crippen LogP contribution < -0.4 is 15.4 Å². The van der Waals surface area contributed by atoms with Crippen LogP contribution in [0.15, 0.2) is 41.4 Å². The predicted molar refractivity (Wildman–Crippen MR) is 129 cm³/mol. The highest BCUT2D eigenvalue weighted by molar-refractivity contribution is 8.04. The third-order valence-corrected chi connectivity index (χ3v) is 10.9. The van der Waals surface area contributed by atoms with Gasteiger partial charge in [-0.3, -0.25) is 24.0 Å². The van der Waals surface area contributed by atoms with Gasteiger partial charge in [0.1, 0.15) is 28.7 Å². The quantitative estimate of drug-likeness (QED) is 0.407. The van der Waals surface area contributed by atoms with Crippen molar-refractivity contribution in [1.82, 2.24) is 15.0 Å². The maximum absolute atomic E-state index is 15.2. The first-order valence-corrected chi connectivity index (χ1v) is 12.6. The normalized spacial score (nSPS) is 24.9. The third-order valence-electron chi connectivity index (χ3n) is 6.67. The summed E-state index contributed by atoms with van der Waals surface area (Å²) >= 11 is 0. The molecular formula is C23H25FN6O4S. The number of benzene rings is 1. The molecule has 1 saturated heterocycles. The molecule has 1 fully saturated rings. The number of nitriles is 1. The van der Waals surface area contributed by atoms with Crippen LogP contribution >= 0.6 is 0 Å². The van der Waals surface area contributed by atoms with Crippen LogP contribution in [0.5, 0.6) is 0 Å². The Morgan fingerprint density at radius 1 is 1.20 bits per heavy atom. The summed E-state index contributed by atoms with van der Waals surface area (Å²) < 4.78 is 31.3. The molecule has 4 rings (SSSR count). The summed E-state index contributed by atoms with van der Waals surface area (Å²) in [6, 6.07) is 10.4. The number of amidine groups is 1. The van der Waals surface area contributed by atoms with Crippen LogP contribution in [-0.2, 0) is 15.7 Å². The molecule has 1 aromatic heterocycles. The summed E-state index contributed by atoms with van der Waals surface area (Å²) in [5.41, 5.74) is -0.942. The van der Waals surface area contributed by atoms with Gasteiger partial charge in [-0.25, -0.2) is 14.2 Å². The fourth-order valence-corrected chi connectivity index (χ4v) is 8.38. The molecule has 4 N–H and O–H groups in total. The number of thiol groups is 1. The summed E-state index contributed by atoms with van der Waals surface area (Å²) in [5.74, 6) is -1.24. The number of halogens is 1. The number of amides is 2. The van der Waals surface area contributed by atoms with Gasteiger partial charge in [-0.2, -0.15) is 5.26 Å². The van der Waals surface area contributed by atoms with Gasteiger partial charge >= 0.3 is 6.09 Å². The van der Waals surface area contributed by atoms with Gasteiger partial charge in [0.25, 0.3) is 5.91 Å². The fraction of sp³-hybridized carbons (Fsp3) is 0.348. The molecule has 2 amide bonds. The second-order valence-corrected chi connectivity index (χ2v) is 12.5. The maximum atomic E-state index is 15.2. The minimum absolute atomic E-state index is 0.0466. The Balaban J connectivity index is 1.77. The van der Waals surface area contributed by atoms with Crippen LogP contribution in [0.3, 0.4) is 0 Å². The Labute approximate surface area is 202 Å². The zero-order valence-electron chi connectivity index (χ0n) is 19.3. The van der Waals surface area contributed by atoms with Gasteiger partial charge in [0, 0.05) is 12.1 Å². The number of carboxylic acid groups (broad SMARTS) is 1. The summed E-state index contributed by atoms with van der Waals surface area (Å²) in [5, 5.41) is 22.5. The molecule has 35 heavy (non-hydrogen) atoms. The number of nitrogens with zero attached hydrogens (tertiary/aromatic N) is 3. The minimum atomic E-state index is -3.32. The molecule has 0 spiro atoms. The van der Waals surface area contributed by atoms with Gasteiger partial charge in [-0.1, -0.05) is 0 Å². The van der Waals surface area contributed by atoms with Gasteiger partial charge in [-0.15, -0.1) is 0 Å². The zero-order valence-corrected chi connectivity index (χ0v) is 20.2. The molecule has 184 valence electrons. The molecule has 0 unspecified atom stereocenters. The summed E-state index contributed by atoms with van der Waals surface area (Å²) in [6.07, 6.45) is -0.954. The predicted octanol–water partition coefficient (Wildman–Crippen LogP) is 2.31. The Bertz CT molecular complexity index is 1340. The van der Waals surface area contributed by atoms with E-state index >= 15 is 4.39 Å². The first-order valence-electron chi connectivity index (χ1n) is 10.9. The Hall–Kier alpha value is -3.69. The van der Waals surface area contributed by atoms with E-state index in [1.54, 1.807) is 20.8 Å². The highest BCUT2D eigenvalue weighted by atomic mass is 32.3. The van der Waals surface area contributed by atoms with E-state index in [2.05, 4.69) is 25.3 Å². The number of fused-ring (bicyclic) bond motifs is 1. The molecule has 1 aromatic carbocycles. The topological polar surface area (TPSA) is 157 Å². The molecule has 12 heteroatoms. The van der Waals surface area contributed by atoms with Gasteiger partial charge < -0.3 is 10.4 Å². The average Bonchev–Trinajstić information content (AvgIpc) is 3.23. The van der Waals surface area contributed by atoms with Crippen LogP contribution in [0.1, 0.15) is 48.8 Å². The lowest BCUT2D eigenvalue weighted by atomic mass is 9.89. The molecule has 0 bridgehead atoms. The Morgan fingerprint density at radius 2 is 1.89 bits per heavy atom. The Kier molecular flexibility index (Phi) is 5.94. The van der Waals surface area contributed by atoms with Crippen molar-refractivity contribution in [2.45, 2.75) is 42.7 Å². The molecule has 2 aliphatic heterocycles. The van der Waals surface area contributed by atoms with Crippen molar-refractivity contribution >= 4 is 33.8 Å². The first kappa shape index (κ1) is 24.4. The lowest BCUT2D eigenvalue weighted by Crippen LogP contribution is -2.66. The number of anilines is 1. The molecule has 2 atom stereocenters. The second kappa shape index (κ2) is 8.51. The van der Waals surface area contributed by atoms with E-state index in [0.717, 1.165) is 6.07 Å². The summed E-state index contributed by atoms with van der Waals surface area (Å²) in [7, 11) is -3.32. The van der Waals surface area contributed by atoms with Gasteiger partial charge in [-0.05, 0) is 73.7 Å². The minimum Gasteiger partial charge on any atom is -0.465 e. The summed E-state index contributed by atoms with van der Waals surface area (Å²) in [4.78, 5) is 33.1. The Morgan fingerprint density at radius 3 is 2.51 bits per heavy atom. The first-order chi connectivity index (χ1) is 16.4. The van der Waals surface area contributed by atoms with Crippen molar-refractivity contribution in [3.05, 3.63) is 59.0 Å². The molecule has 2 aliphatic rings. The van der Waals surface area contributed by atoms with Crippen LogP contribution in [-0.4, -0.2) is 48.7 Å². The number of hydrogen-bond donors (Lipinski definition) is 5. The standard InChI is InChI=1S/C23H25FN6O4S/c1-22(2)20(29-21(32)33)30-23(3,16-10-11-26-35(16,22)34)18-15(24)8-9-17(27-18)28-19(31)14-6-4-13(12-25)5-7-14/h4-9,16,35H,10-11H2,1-3H3,(H,26,34)(H,29,30)(H,32,33)(H,27,28,31)/t16-,23-/m0/s1. The second-order valence-electron chi connectivity index (χ2n) is 9.14. The van der Waals surface area contributed by atoms with E-state index in [-0.39, 0.29) is 22.9 Å². The molecule has 0 saturated carbocycles. The van der Waals surface area contributed by atoms with Crippen molar-refractivity contribution in [3.63, 3.8) is 0 Å². The largest absolute Gasteiger partial charge is 0.465 e. The third kappa shape index (κ3) is 3.96. The van der Waals surface area contributed by atoms with Crippen molar-refractivity contribution in [3.8, 4) is 6.07 Å². The number of aliphatic imine (C=N–C) groups is 1. The zero-order chi connectivity index (χ0) is 25.6.